The van der Waals surface area contributed by atoms with Crippen molar-refractivity contribution in [2.24, 2.45) is 5.73 Å². The number of ether oxygens (including phenoxy) is 1. The van der Waals surface area contributed by atoms with Gasteiger partial charge in [0.25, 0.3) is 0 Å². The van der Waals surface area contributed by atoms with E-state index in [2.05, 4.69) is 11.9 Å². The van der Waals surface area contributed by atoms with Crippen LogP contribution in [0.1, 0.15) is 31.2 Å². The maximum absolute atomic E-state index is 5.84. The molecular weight excluding hydrogens is 224 g/mol. The Morgan fingerprint density at radius 1 is 1.28 bits per heavy atom. The van der Waals surface area contributed by atoms with E-state index in [0.29, 0.717) is 6.54 Å². The first kappa shape index (κ1) is 13.4. The van der Waals surface area contributed by atoms with Gasteiger partial charge >= 0.3 is 0 Å². The molecule has 0 unspecified atom stereocenters. The quantitative estimate of drug-likeness (QED) is 0.840. The molecule has 0 amide bonds. The van der Waals surface area contributed by atoms with E-state index in [1.807, 2.05) is 24.3 Å². The standard InChI is InChI=1S/C15H24N2O/c1-17(14-7-3-4-8-14)10-11-18-15-9-5-2-6-13(15)12-16/h2,5-6,9,14H,3-4,7-8,10-12,16H2,1H3. The highest BCUT2D eigenvalue weighted by Gasteiger charge is 2.19. The van der Waals surface area contributed by atoms with Crippen LogP contribution in [0, 0.1) is 0 Å². The lowest BCUT2D eigenvalue weighted by Gasteiger charge is -2.24. The van der Waals surface area contributed by atoms with Gasteiger partial charge < -0.3 is 15.4 Å². The lowest BCUT2D eigenvalue weighted by atomic mass is 10.2. The van der Waals surface area contributed by atoms with Gasteiger partial charge in [-0.1, -0.05) is 31.0 Å². The zero-order chi connectivity index (χ0) is 12.8. The van der Waals surface area contributed by atoms with Crippen LogP contribution in [0.4, 0.5) is 0 Å². The first-order valence-electron chi connectivity index (χ1n) is 6.92. The molecular formula is C15H24N2O. The second-order valence-corrected chi connectivity index (χ2v) is 5.08. The Hall–Kier alpha value is -1.06. The monoisotopic (exact) mass is 248 g/mol. The predicted octanol–water partition coefficient (Wildman–Crippen LogP) is 2.40. The van der Waals surface area contributed by atoms with Crippen molar-refractivity contribution in [3.8, 4) is 5.75 Å². The van der Waals surface area contributed by atoms with Gasteiger partial charge in [-0.25, -0.2) is 0 Å². The number of likely N-dealkylation sites (N-methyl/N-ethyl adjacent to an activating group) is 1. The number of nitrogens with zero attached hydrogens (tertiary/aromatic N) is 1. The first-order valence-corrected chi connectivity index (χ1v) is 6.92. The second-order valence-electron chi connectivity index (χ2n) is 5.08. The summed E-state index contributed by atoms with van der Waals surface area (Å²) in [5, 5.41) is 0. The van der Waals surface area contributed by atoms with Crippen molar-refractivity contribution in [3.63, 3.8) is 0 Å². The third kappa shape index (κ3) is 3.47. The summed E-state index contributed by atoms with van der Waals surface area (Å²) < 4.78 is 5.84. The molecule has 0 bridgehead atoms. The SMILES string of the molecule is CN(CCOc1ccccc1CN)C1CCCC1. The lowest BCUT2D eigenvalue weighted by Crippen LogP contribution is -2.32. The van der Waals surface area contributed by atoms with Crippen LogP contribution >= 0.6 is 0 Å². The van der Waals surface area contributed by atoms with Gasteiger partial charge in [0.1, 0.15) is 12.4 Å². The Kier molecular flexibility index (Phi) is 5.02. The van der Waals surface area contributed by atoms with Crippen molar-refractivity contribution in [2.45, 2.75) is 38.3 Å². The molecule has 0 heterocycles. The van der Waals surface area contributed by atoms with Gasteiger partial charge in [-0.05, 0) is 26.0 Å². The normalized spacial score (nSPS) is 16.4. The van der Waals surface area contributed by atoms with E-state index in [0.717, 1.165) is 30.5 Å². The maximum Gasteiger partial charge on any atom is 0.123 e. The summed E-state index contributed by atoms with van der Waals surface area (Å²) >= 11 is 0. The van der Waals surface area contributed by atoms with E-state index in [9.17, 15) is 0 Å². The molecule has 1 aromatic carbocycles. The second kappa shape index (κ2) is 6.76. The van der Waals surface area contributed by atoms with E-state index in [4.69, 9.17) is 10.5 Å². The highest BCUT2D eigenvalue weighted by Crippen LogP contribution is 2.22. The van der Waals surface area contributed by atoms with Crippen molar-refractivity contribution in [2.75, 3.05) is 20.2 Å². The summed E-state index contributed by atoms with van der Waals surface area (Å²) in [6, 6.07) is 8.78. The summed E-state index contributed by atoms with van der Waals surface area (Å²) in [5.41, 5.74) is 6.78. The minimum absolute atomic E-state index is 0.536. The molecule has 2 N–H and O–H groups in total. The van der Waals surface area contributed by atoms with Crippen LogP contribution in [0.25, 0.3) is 0 Å². The molecule has 1 aliphatic carbocycles. The Morgan fingerprint density at radius 3 is 2.72 bits per heavy atom. The molecule has 1 saturated carbocycles. The Bertz CT molecular complexity index is 361. The summed E-state index contributed by atoms with van der Waals surface area (Å²) in [4.78, 5) is 2.43. The Balaban J connectivity index is 1.77. The topological polar surface area (TPSA) is 38.5 Å². The van der Waals surface area contributed by atoms with Crippen molar-refractivity contribution < 1.29 is 4.74 Å². The third-order valence-electron chi connectivity index (χ3n) is 3.84. The third-order valence-corrected chi connectivity index (χ3v) is 3.84. The fraction of sp³-hybridized carbons (Fsp3) is 0.600. The number of para-hydroxylation sites is 1. The highest BCUT2D eigenvalue weighted by molar-refractivity contribution is 5.32. The number of nitrogens with two attached hydrogens (primary N) is 1. The van der Waals surface area contributed by atoms with E-state index in [1.54, 1.807) is 0 Å². The van der Waals surface area contributed by atoms with Crippen molar-refractivity contribution in [1.29, 1.82) is 0 Å². The fourth-order valence-corrected chi connectivity index (χ4v) is 2.64. The Labute approximate surface area is 110 Å². The molecule has 1 aliphatic rings. The van der Waals surface area contributed by atoms with Crippen molar-refractivity contribution in [3.05, 3.63) is 29.8 Å². The molecule has 18 heavy (non-hydrogen) atoms. The van der Waals surface area contributed by atoms with Crippen LogP contribution in [-0.2, 0) is 6.54 Å². The molecule has 0 radical (unpaired) electrons. The van der Waals surface area contributed by atoms with Gasteiger partial charge in [0.15, 0.2) is 0 Å². The molecule has 1 fully saturated rings. The molecule has 1 aromatic rings. The van der Waals surface area contributed by atoms with E-state index >= 15 is 0 Å². The zero-order valence-electron chi connectivity index (χ0n) is 11.3. The molecule has 0 spiro atoms. The number of hydrogen-bond acceptors (Lipinski definition) is 3. The lowest BCUT2D eigenvalue weighted by molar-refractivity contribution is 0.192. The maximum atomic E-state index is 5.84. The van der Waals surface area contributed by atoms with Crippen LogP contribution in [-0.4, -0.2) is 31.1 Å². The summed E-state index contributed by atoms with van der Waals surface area (Å²) in [7, 11) is 2.20. The molecule has 100 valence electrons. The van der Waals surface area contributed by atoms with E-state index < -0.39 is 0 Å². The van der Waals surface area contributed by atoms with Gasteiger partial charge in [-0.3, -0.25) is 0 Å². The number of rotatable bonds is 6. The van der Waals surface area contributed by atoms with E-state index in [1.165, 1.54) is 25.7 Å². The average molecular weight is 248 g/mol. The molecule has 3 heteroatoms. The largest absolute Gasteiger partial charge is 0.492 e. The molecule has 3 nitrogen and oxygen atoms in total. The summed E-state index contributed by atoms with van der Waals surface area (Å²) in [6.45, 7) is 2.27. The zero-order valence-corrected chi connectivity index (χ0v) is 11.3. The van der Waals surface area contributed by atoms with E-state index in [-0.39, 0.29) is 0 Å². The van der Waals surface area contributed by atoms with Crippen LogP contribution in [0.5, 0.6) is 5.75 Å². The Morgan fingerprint density at radius 2 is 2.00 bits per heavy atom. The van der Waals surface area contributed by atoms with Crippen LogP contribution in [0.2, 0.25) is 0 Å². The molecule has 0 aromatic heterocycles. The smallest absolute Gasteiger partial charge is 0.123 e. The molecule has 0 saturated heterocycles. The minimum Gasteiger partial charge on any atom is -0.492 e. The van der Waals surface area contributed by atoms with Gasteiger partial charge in [-0.15, -0.1) is 0 Å². The van der Waals surface area contributed by atoms with Gasteiger partial charge in [0.05, 0.1) is 0 Å². The minimum atomic E-state index is 0.536. The fourth-order valence-electron chi connectivity index (χ4n) is 2.64. The number of hydrogen-bond donors (Lipinski definition) is 1. The van der Waals surface area contributed by atoms with Gasteiger partial charge in [-0.2, -0.15) is 0 Å². The van der Waals surface area contributed by atoms with Crippen LogP contribution < -0.4 is 10.5 Å². The van der Waals surface area contributed by atoms with Crippen molar-refractivity contribution >= 4 is 0 Å². The highest BCUT2D eigenvalue weighted by atomic mass is 16.5. The predicted molar refractivity (Wildman–Crippen MR) is 74.7 cm³/mol. The molecule has 0 aliphatic heterocycles. The van der Waals surface area contributed by atoms with Crippen LogP contribution in [0.3, 0.4) is 0 Å². The molecule has 0 atom stereocenters. The summed E-state index contributed by atoms with van der Waals surface area (Å²) in [5.74, 6) is 0.930. The van der Waals surface area contributed by atoms with Crippen LogP contribution in [0.15, 0.2) is 24.3 Å². The molecule has 2 rings (SSSR count). The van der Waals surface area contributed by atoms with Gasteiger partial charge in [0.2, 0.25) is 0 Å². The number of benzene rings is 1. The average Bonchev–Trinajstić information content (AvgIpc) is 2.93. The summed E-state index contributed by atoms with van der Waals surface area (Å²) in [6.07, 6.45) is 5.45. The van der Waals surface area contributed by atoms with Gasteiger partial charge in [0, 0.05) is 24.7 Å². The first-order chi connectivity index (χ1) is 8.81. The van der Waals surface area contributed by atoms with Crippen molar-refractivity contribution in [1.82, 2.24) is 4.90 Å².